The van der Waals surface area contributed by atoms with Gasteiger partial charge in [0.15, 0.2) is 0 Å². The maximum absolute atomic E-state index is 3.47. The minimum absolute atomic E-state index is 0. The van der Waals surface area contributed by atoms with E-state index in [-0.39, 0.29) is 50.7 Å². The second kappa shape index (κ2) is 15.7. The molecule has 0 saturated heterocycles. The van der Waals surface area contributed by atoms with Crippen molar-refractivity contribution < 1.29 is 24.8 Å². The summed E-state index contributed by atoms with van der Waals surface area (Å²) >= 11 is 0. The fourth-order valence-corrected chi connectivity index (χ4v) is 0. The second-order valence-electron chi connectivity index (χ2n) is 1.08. The van der Waals surface area contributed by atoms with Gasteiger partial charge in [0.05, 0.1) is 0 Å². The predicted octanol–water partition coefficient (Wildman–Crippen LogP) is -6.03. The van der Waals surface area contributed by atoms with Gasteiger partial charge in [0.2, 0.25) is 0 Å². The van der Waals surface area contributed by atoms with Gasteiger partial charge in [-0.05, 0) is 14.1 Å². The van der Waals surface area contributed by atoms with Gasteiger partial charge < -0.3 is 29.7 Å². The van der Waals surface area contributed by atoms with E-state index in [1.54, 1.807) is 4.90 Å². The zero-order chi connectivity index (χ0) is 3.58. The van der Waals surface area contributed by atoms with Crippen molar-refractivity contribution in [2.75, 3.05) is 14.1 Å². The summed E-state index contributed by atoms with van der Waals surface area (Å²) < 4.78 is 0. The molecule has 44 valence electrons. The Morgan fingerprint density at radius 1 is 1.14 bits per heavy atom. The third-order valence-corrected chi connectivity index (χ3v) is 0. The number of hydrogen-bond donors (Lipinski definition) is 0. The Kier molecular flexibility index (Phi) is 53.1. The normalized spacial score (nSPS) is 5.14. The van der Waals surface area contributed by atoms with Gasteiger partial charge in [-0.3, -0.25) is 0 Å². The molecule has 0 aromatic rings. The molecule has 7 heavy (non-hydrogen) atoms. The molecule has 0 fully saturated rings. The molecule has 0 unspecified atom stereocenters. The summed E-state index contributed by atoms with van der Waals surface area (Å²) in [5, 5.41) is 0. The number of halogens is 2. The molecular weight excluding hydrogens is 236 g/mol. The smallest absolute Gasteiger partial charge is 0.0103 e. The van der Waals surface area contributed by atoms with Crippen LogP contribution >= 0.6 is 0 Å². The molecule has 0 aromatic heterocycles. The fraction of sp³-hybridized carbons (Fsp3) is 0.667. The number of nitrogens with zero attached hydrogens (tertiary/aromatic N) is 1. The SMILES string of the molecule is [CH2]N(C)C.[Cl-].[Cl-].[In]. The van der Waals surface area contributed by atoms with E-state index in [9.17, 15) is 0 Å². The van der Waals surface area contributed by atoms with E-state index in [4.69, 9.17) is 0 Å². The van der Waals surface area contributed by atoms with Crippen molar-refractivity contribution in [1.82, 2.24) is 4.90 Å². The third-order valence-electron chi connectivity index (χ3n) is 0. The summed E-state index contributed by atoms with van der Waals surface area (Å²) in [4.78, 5) is 1.75. The molecule has 0 aliphatic carbocycles. The van der Waals surface area contributed by atoms with Crippen molar-refractivity contribution in [3.63, 3.8) is 0 Å². The van der Waals surface area contributed by atoms with E-state index >= 15 is 0 Å². The Hall–Kier alpha value is 1.41. The summed E-state index contributed by atoms with van der Waals surface area (Å²) in [6.07, 6.45) is 0. The van der Waals surface area contributed by atoms with E-state index in [0.717, 1.165) is 0 Å². The van der Waals surface area contributed by atoms with Crippen molar-refractivity contribution >= 4 is 25.8 Å². The minimum atomic E-state index is 0. The molecule has 0 heterocycles. The Morgan fingerprint density at radius 2 is 1.14 bits per heavy atom. The summed E-state index contributed by atoms with van der Waals surface area (Å²) in [7, 11) is 7.25. The van der Waals surface area contributed by atoms with Crippen LogP contribution < -0.4 is 24.8 Å². The van der Waals surface area contributed by atoms with Crippen molar-refractivity contribution in [1.29, 1.82) is 0 Å². The first-order chi connectivity index (χ1) is 1.73. The van der Waals surface area contributed by atoms with Gasteiger partial charge in [-0.2, -0.15) is 0 Å². The van der Waals surface area contributed by atoms with E-state index in [0.29, 0.717) is 0 Å². The Bertz CT molecular complexity index is 17.7. The summed E-state index contributed by atoms with van der Waals surface area (Å²) in [6, 6.07) is 0. The molecule has 0 rings (SSSR count). The van der Waals surface area contributed by atoms with Crippen molar-refractivity contribution in [2.45, 2.75) is 0 Å². The van der Waals surface area contributed by atoms with Crippen LogP contribution in [0.3, 0.4) is 0 Å². The zero-order valence-corrected chi connectivity index (χ0v) is 9.30. The van der Waals surface area contributed by atoms with Crippen LogP contribution in [-0.2, 0) is 0 Å². The van der Waals surface area contributed by atoms with E-state index in [2.05, 4.69) is 7.05 Å². The Morgan fingerprint density at radius 3 is 1.14 bits per heavy atom. The minimum Gasteiger partial charge on any atom is -1.00 e. The van der Waals surface area contributed by atoms with Crippen LogP contribution in [0, 0.1) is 7.05 Å². The third kappa shape index (κ3) is 109. The van der Waals surface area contributed by atoms with Crippen molar-refractivity contribution in [2.24, 2.45) is 0 Å². The first kappa shape index (κ1) is 23.7. The molecule has 0 aliphatic rings. The average Bonchev–Trinajstić information content (AvgIpc) is 0.811. The molecular formula is C3H8Cl2InN-2. The second-order valence-corrected chi connectivity index (χ2v) is 1.08. The molecule has 4 radical (unpaired) electrons. The van der Waals surface area contributed by atoms with E-state index in [1.165, 1.54) is 0 Å². The molecule has 0 N–H and O–H groups in total. The zero-order valence-electron chi connectivity index (χ0n) is 4.49. The van der Waals surface area contributed by atoms with Gasteiger partial charge in [0.25, 0.3) is 0 Å². The average molecular weight is 244 g/mol. The maximum atomic E-state index is 3.47. The monoisotopic (exact) mass is 243 g/mol. The quantitative estimate of drug-likeness (QED) is 0.410. The number of hydrogen-bond acceptors (Lipinski definition) is 1. The standard InChI is InChI=1S/C3H8N.2ClH.In/c1-4(2)3;;;/h1H2,2-3H3;2*1H;/p-2. The van der Waals surface area contributed by atoms with Gasteiger partial charge in [0.1, 0.15) is 0 Å². The summed E-state index contributed by atoms with van der Waals surface area (Å²) in [5.41, 5.74) is 0. The molecule has 0 aromatic carbocycles. The van der Waals surface area contributed by atoms with Crippen LogP contribution in [0.15, 0.2) is 0 Å². The van der Waals surface area contributed by atoms with Crippen LogP contribution in [-0.4, -0.2) is 44.8 Å². The fourth-order valence-electron chi connectivity index (χ4n) is 0. The molecule has 0 spiro atoms. The molecule has 0 atom stereocenters. The summed E-state index contributed by atoms with van der Waals surface area (Å²) in [5.74, 6) is 0. The van der Waals surface area contributed by atoms with Crippen LogP contribution in [0.25, 0.3) is 0 Å². The topological polar surface area (TPSA) is 3.24 Å². The molecule has 4 heteroatoms. The van der Waals surface area contributed by atoms with Gasteiger partial charge in [-0.1, -0.05) is 0 Å². The summed E-state index contributed by atoms with van der Waals surface area (Å²) in [6.45, 7) is 0. The molecule has 0 saturated carbocycles. The maximum Gasteiger partial charge on any atom is 0.0103 e. The predicted molar refractivity (Wildman–Crippen MR) is 24.8 cm³/mol. The van der Waals surface area contributed by atoms with Gasteiger partial charge >= 0.3 is 0 Å². The van der Waals surface area contributed by atoms with Crippen LogP contribution in [0.1, 0.15) is 0 Å². The van der Waals surface area contributed by atoms with Crippen LogP contribution in [0.5, 0.6) is 0 Å². The van der Waals surface area contributed by atoms with Gasteiger partial charge in [-0.25, -0.2) is 0 Å². The van der Waals surface area contributed by atoms with Gasteiger partial charge in [0, 0.05) is 32.9 Å². The van der Waals surface area contributed by atoms with Crippen LogP contribution in [0.4, 0.5) is 0 Å². The molecule has 0 bridgehead atoms. The molecule has 1 nitrogen and oxygen atoms in total. The molecule has 0 amide bonds. The largest absolute Gasteiger partial charge is 1.00 e. The first-order valence-electron chi connectivity index (χ1n) is 1.21. The van der Waals surface area contributed by atoms with E-state index < -0.39 is 0 Å². The molecule has 0 aliphatic heterocycles. The van der Waals surface area contributed by atoms with E-state index in [1.807, 2.05) is 14.1 Å². The van der Waals surface area contributed by atoms with Crippen molar-refractivity contribution in [3.05, 3.63) is 7.05 Å². The van der Waals surface area contributed by atoms with Gasteiger partial charge in [-0.15, -0.1) is 0 Å². The first-order valence-corrected chi connectivity index (χ1v) is 1.21. The Balaban J connectivity index is -0.0000000150. The Labute approximate surface area is 76.4 Å². The van der Waals surface area contributed by atoms with Crippen molar-refractivity contribution in [3.8, 4) is 0 Å². The van der Waals surface area contributed by atoms with Crippen LogP contribution in [0.2, 0.25) is 0 Å². The number of rotatable bonds is 0.